The maximum Gasteiger partial charge on any atom is 0.410 e. The highest BCUT2D eigenvalue weighted by Gasteiger charge is 2.50. The molecule has 1 saturated heterocycles. The number of ether oxygens (including phenoxy) is 1. The molecule has 106 valence electrons. The number of rotatable bonds is 1. The van der Waals surface area contributed by atoms with Crippen LogP contribution >= 0.6 is 0 Å². The van der Waals surface area contributed by atoms with Crippen LogP contribution in [0.4, 0.5) is 13.6 Å². The Morgan fingerprint density at radius 2 is 2.06 bits per heavy atom. The van der Waals surface area contributed by atoms with E-state index in [1.807, 2.05) is 0 Å². The van der Waals surface area contributed by atoms with Crippen LogP contribution in [0, 0.1) is 5.92 Å². The van der Waals surface area contributed by atoms with E-state index in [9.17, 15) is 18.7 Å². The molecule has 1 aliphatic heterocycles. The molecule has 0 aromatic carbocycles. The van der Waals surface area contributed by atoms with Gasteiger partial charge >= 0.3 is 6.09 Å². The molecule has 0 spiro atoms. The molecule has 2 N–H and O–H groups in total. The van der Waals surface area contributed by atoms with Crippen LogP contribution in [0.1, 0.15) is 20.8 Å². The van der Waals surface area contributed by atoms with Crippen LogP contribution in [-0.2, 0) is 4.74 Å². The van der Waals surface area contributed by atoms with Gasteiger partial charge in [-0.15, -0.1) is 0 Å². The molecule has 1 fully saturated rings. The van der Waals surface area contributed by atoms with E-state index in [1.165, 1.54) is 0 Å². The van der Waals surface area contributed by atoms with Crippen LogP contribution in [-0.4, -0.2) is 58.5 Å². The standard InChI is InChI=1S/C11H19F2NO4/c1-10(2,3)18-9(17)14-4-7(5-15)8(16)11(12,13)6-14/h7-8,15-16H,4-6H2,1-3H3/t7-,8-/m0/s1. The van der Waals surface area contributed by atoms with E-state index in [4.69, 9.17) is 9.84 Å². The van der Waals surface area contributed by atoms with Gasteiger partial charge in [0.1, 0.15) is 11.7 Å². The van der Waals surface area contributed by atoms with Gasteiger partial charge in [0.25, 0.3) is 5.92 Å². The Morgan fingerprint density at radius 1 is 1.50 bits per heavy atom. The maximum atomic E-state index is 13.5. The first-order valence-corrected chi connectivity index (χ1v) is 5.71. The van der Waals surface area contributed by atoms with E-state index < -0.39 is 42.8 Å². The number of hydrogen-bond acceptors (Lipinski definition) is 4. The SMILES string of the molecule is CC(C)(C)OC(=O)N1C[C@@H](CO)[C@H](O)C(F)(F)C1. The van der Waals surface area contributed by atoms with Gasteiger partial charge in [-0.1, -0.05) is 0 Å². The Hall–Kier alpha value is -0.950. The molecule has 7 heteroatoms. The number of nitrogens with zero attached hydrogens (tertiary/aromatic N) is 1. The van der Waals surface area contributed by atoms with Crippen molar-refractivity contribution in [3.8, 4) is 0 Å². The minimum absolute atomic E-state index is 0.151. The van der Waals surface area contributed by atoms with Crippen LogP contribution in [0.2, 0.25) is 0 Å². The maximum absolute atomic E-state index is 13.5. The number of carbonyl (C=O) groups excluding carboxylic acids is 1. The van der Waals surface area contributed by atoms with Gasteiger partial charge in [-0.3, -0.25) is 0 Å². The third kappa shape index (κ3) is 3.52. The lowest BCUT2D eigenvalue weighted by molar-refractivity contribution is -0.177. The fourth-order valence-corrected chi connectivity index (χ4v) is 1.76. The Morgan fingerprint density at radius 3 is 2.50 bits per heavy atom. The fraction of sp³-hybridized carbons (Fsp3) is 0.909. The van der Waals surface area contributed by atoms with Gasteiger partial charge in [-0.2, -0.15) is 0 Å². The molecular weight excluding hydrogens is 248 g/mol. The van der Waals surface area contributed by atoms with Crippen LogP contribution in [0.3, 0.4) is 0 Å². The fourth-order valence-electron chi connectivity index (χ4n) is 1.76. The Balaban J connectivity index is 2.76. The van der Waals surface area contributed by atoms with Crippen molar-refractivity contribution in [2.45, 2.75) is 38.4 Å². The number of aliphatic hydroxyl groups excluding tert-OH is 2. The average Bonchev–Trinajstić information content (AvgIpc) is 2.19. The molecule has 0 aromatic heterocycles. The Bertz CT molecular complexity index is 317. The number of hydrogen-bond donors (Lipinski definition) is 2. The number of likely N-dealkylation sites (tertiary alicyclic amines) is 1. The highest BCUT2D eigenvalue weighted by molar-refractivity contribution is 5.68. The van der Waals surface area contributed by atoms with Gasteiger partial charge in [0.2, 0.25) is 0 Å². The summed E-state index contributed by atoms with van der Waals surface area (Å²) in [5.74, 6) is -4.51. The van der Waals surface area contributed by atoms with Crippen LogP contribution < -0.4 is 0 Å². The second-order valence-electron chi connectivity index (χ2n) is 5.51. The van der Waals surface area contributed by atoms with Crippen molar-refractivity contribution in [2.24, 2.45) is 5.92 Å². The molecule has 18 heavy (non-hydrogen) atoms. The van der Waals surface area contributed by atoms with E-state index in [-0.39, 0.29) is 6.54 Å². The van der Waals surface area contributed by atoms with Crippen molar-refractivity contribution in [2.75, 3.05) is 19.7 Å². The van der Waals surface area contributed by atoms with Crippen LogP contribution in [0.25, 0.3) is 0 Å². The van der Waals surface area contributed by atoms with Gasteiger partial charge in [-0.25, -0.2) is 13.6 Å². The summed E-state index contributed by atoms with van der Waals surface area (Å²) in [4.78, 5) is 12.5. The van der Waals surface area contributed by atoms with Crippen molar-refractivity contribution < 1.29 is 28.5 Å². The molecule has 0 aliphatic carbocycles. The number of halogens is 2. The number of alkyl halides is 2. The summed E-state index contributed by atoms with van der Waals surface area (Å²) in [7, 11) is 0. The van der Waals surface area contributed by atoms with Gasteiger partial charge < -0.3 is 19.8 Å². The van der Waals surface area contributed by atoms with Crippen molar-refractivity contribution in [3.63, 3.8) is 0 Å². The molecule has 0 aromatic rings. The lowest BCUT2D eigenvalue weighted by atomic mass is 9.93. The summed E-state index contributed by atoms with van der Waals surface area (Å²) in [6.45, 7) is 3.22. The first kappa shape index (κ1) is 15.1. The Labute approximate surface area is 104 Å². The van der Waals surface area contributed by atoms with Crippen LogP contribution in [0.15, 0.2) is 0 Å². The minimum Gasteiger partial charge on any atom is -0.444 e. The summed E-state index contributed by atoms with van der Waals surface area (Å²) >= 11 is 0. The van der Waals surface area contributed by atoms with E-state index in [1.54, 1.807) is 20.8 Å². The summed E-state index contributed by atoms with van der Waals surface area (Å²) in [6.07, 6.45) is -2.81. The van der Waals surface area contributed by atoms with Gasteiger partial charge in [0, 0.05) is 12.5 Å². The van der Waals surface area contributed by atoms with Gasteiger partial charge in [-0.05, 0) is 20.8 Å². The van der Waals surface area contributed by atoms with E-state index in [0.29, 0.717) is 0 Å². The smallest absolute Gasteiger partial charge is 0.410 e. The first-order chi connectivity index (χ1) is 8.07. The second kappa shape index (κ2) is 4.97. The normalized spacial score (nSPS) is 28.1. The third-order valence-electron chi connectivity index (χ3n) is 2.62. The molecule has 1 rings (SSSR count). The number of carbonyl (C=O) groups is 1. The lowest BCUT2D eigenvalue weighted by Crippen LogP contribution is -2.59. The molecule has 0 saturated carbocycles. The van der Waals surface area contributed by atoms with Crippen molar-refractivity contribution in [1.29, 1.82) is 0 Å². The van der Waals surface area contributed by atoms with E-state index >= 15 is 0 Å². The second-order valence-corrected chi connectivity index (χ2v) is 5.51. The highest BCUT2D eigenvalue weighted by Crippen LogP contribution is 2.31. The lowest BCUT2D eigenvalue weighted by Gasteiger charge is -2.40. The molecule has 1 aliphatic rings. The van der Waals surface area contributed by atoms with E-state index in [2.05, 4.69) is 0 Å². The molecule has 0 radical (unpaired) electrons. The molecule has 5 nitrogen and oxygen atoms in total. The monoisotopic (exact) mass is 267 g/mol. The Kier molecular flexibility index (Phi) is 4.17. The number of amides is 1. The first-order valence-electron chi connectivity index (χ1n) is 5.71. The zero-order chi connectivity index (χ0) is 14.1. The van der Waals surface area contributed by atoms with Crippen molar-refractivity contribution in [3.05, 3.63) is 0 Å². The summed E-state index contributed by atoms with van der Waals surface area (Å²) in [5.41, 5.74) is -0.781. The van der Waals surface area contributed by atoms with Gasteiger partial charge in [0.05, 0.1) is 13.2 Å². The zero-order valence-electron chi connectivity index (χ0n) is 10.7. The third-order valence-corrected chi connectivity index (χ3v) is 2.62. The summed E-state index contributed by atoms with van der Waals surface area (Å²) in [6, 6.07) is 0. The van der Waals surface area contributed by atoms with E-state index in [0.717, 1.165) is 4.90 Å². The molecule has 1 heterocycles. The molecule has 0 bridgehead atoms. The quantitative estimate of drug-likeness (QED) is 0.738. The van der Waals surface area contributed by atoms with Crippen molar-refractivity contribution >= 4 is 6.09 Å². The molecule has 0 unspecified atom stereocenters. The van der Waals surface area contributed by atoms with Gasteiger partial charge in [0.15, 0.2) is 0 Å². The predicted molar refractivity (Wildman–Crippen MR) is 59.3 cm³/mol. The summed E-state index contributed by atoms with van der Waals surface area (Å²) in [5, 5.41) is 18.3. The molecule has 2 atom stereocenters. The topological polar surface area (TPSA) is 70.0 Å². The largest absolute Gasteiger partial charge is 0.444 e. The summed E-state index contributed by atoms with van der Waals surface area (Å²) < 4.78 is 31.9. The molecule has 1 amide bonds. The van der Waals surface area contributed by atoms with Crippen LogP contribution in [0.5, 0.6) is 0 Å². The predicted octanol–water partition coefficient (Wildman–Crippen LogP) is 0.842. The number of aliphatic hydroxyl groups is 2. The van der Waals surface area contributed by atoms with Crippen molar-refractivity contribution in [1.82, 2.24) is 4.90 Å². The number of piperidine rings is 1. The minimum atomic E-state index is -3.44. The highest BCUT2D eigenvalue weighted by atomic mass is 19.3. The average molecular weight is 267 g/mol. The molecular formula is C11H19F2NO4. The zero-order valence-corrected chi connectivity index (χ0v) is 10.7.